The van der Waals surface area contributed by atoms with E-state index in [0.29, 0.717) is 17.5 Å². The van der Waals surface area contributed by atoms with Gasteiger partial charge in [0.25, 0.3) is 5.91 Å². The number of benzene rings is 2. The van der Waals surface area contributed by atoms with Gasteiger partial charge in [0.05, 0.1) is 6.54 Å². The van der Waals surface area contributed by atoms with Crippen LogP contribution in [0.4, 0.5) is 4.39 Å². The molecule has 2 heterocycles. The van der Waals surface area contributed by atoms with Crippen molar-refractivity contribution in [2.75, 3.05) is 6.54 Å². The van der Waals surface area contributed by atoms with Gasteiger partial charge < -0.3 is 10.1 Å². The Morgan fingerprint density at radius 1 is 1.14 bits per heavy atom. The molecule has 5 nitrogen and oxygen atoms in total. The summed E-state index contributed by atoms with van der Waals surface area (Å²) in [5.74, 6) is -0.504. The monoisotopic (exact) mass is 390 g/mol. The van der Waals surface area contributed by atoms with E-state index in [4.69, 9.17) is 4.74 Å². The van der Waals surface area contributed by atoms with Gasteiger partial charge in [-0.25, -0.2) is 4.39 Å². The molecular weight excluding hydrogens is 371 g/mol. The molecular formula is C23H19FN2O3. The lowest BCUT2D eigenvalue weighted by Gasteiger charge is -2.12. The zero-order valence-corrected chi connectivity index (χ0v) is 15.8. The number of nitrogens with zero attached hydrogens (tertiary/aromatic N) is 1. The standard InChI is InChI=1S/C23H19FN2O3/c1-14(27)15-4-6-16(7-5-15)23(28)26-13-20-10-19-9-18(11-21(24)22(19)29-20)17-3-2-8-25-12-17/h2-9,11-12,20H,10,13H2,1H3,(H,26,28)/t20-/m1/s1. The molecule has 146 valence electrons. The van der Waals surface area contributed by atoms with Crippen molar-refractivity contribution in [3.63, 3.8) is 0 Å². The molecule has 1 aliphatic heterocycles. The molecule has 1 aliphatic rings. The molecule has 0 saturated heterocycles. The number of ether oxygens (including phenoxy) is 1. The summed E-state index contributed by atoms with van der Waals surface area (Å²) in [6.45, 7) is 1.73. The predicted octanol–water partition coefficient (Wildman–Crippen LogP) is 3.82. The normalized spacial score (nSPS) is 14.8. The van der Waals surface area contributed by atoms with Gasteiger partial charge in [-0.15, -0.1) is 0 Å². The summed E-state index contributed by atoms with van der Waals surface area (Å²) in [6.07, 6.45) is 3.52. The first-order valence-electron chi connectivity index (χ1n) is 9.30. The van der Waals surface area contributed by atoms with E-state index in [1.165, 1.54) is 13.0 Å². The molecule has 0 saturated carbocycles. The Morgan fingerprint density at radius 2 is 1.90 bits per heavy atom. The van der Waals surface area contributed by atoms with Gasteiger partial charge in [0, 0.05) is 41.1 Å². The van der Waals surface area contributed by atoms with Gasteiger partial charge in [-0.1, -0.05) is 18.2 Å². The van der Waals surface area contributed by atoms with Crippen LogP contribution >= 0.6 is 0 Å². The van der Waals surface area contributed by atoms with Gasteiger partial charge in [0.15, 0.2) is 17.3 Å². The van der Waals surface area contributed by atoms with Crippen LogP contribution in [0.3, 0.4) is 0 Å². The Morgan fingerprint density at radius 3 is 2.59 bits per heavy atom. The summed E-state index contributed by atoms with van der Waals surface area (Å²) < 4.78 is 20.2. The van der Waals surface area contributed by atoms with Crippen molar-refractivity contribution in [3.8, 4) is 16.9 Å². The van der Waals surface area contributed by atoms with E-state index in [0.717, 1.165) is 16.7 Å². The van der Waals surface area contributed by atoms with Crippen LogP contribution in [0.5, 0.6) is 5.75 Å². The summed E-state index contributed by atoms with van der Waals surface area (Å²) in [4.78, 5) is 27.7. The molecule has 1 atom stereocenters. The zero-order valence-electron chi connectivity index (χ0n) is 15.8. The molecule has 0 radical (unpaired) electrons. The van der Waals surface area contributed by atoms with Crippen molar-refractivity contribution in [1.82, 2.24) is 10.3 Å². The highest BCUT2D eigenvalue weighted by atomic mass is 19.1. The van der Waals surface area contributed by atoms with E-state index >= 15 is 0 Å². The molecule has 2 aromatic carbocycles. The molecule has 0 aliphatic carbocycles. The largest absolute Gasteiger partial charge is 0.485 e. The fourth-order valence-electron chi connectivity index (χ4n) is 3.37. The molecule has 1 N–H and O–H groups in total. The first-order valence-corrected chi connectivity index (χ1v) is 9.30. The van der Waals surface area contributed by atoms with Crippen molar-refractivity contribution >= 4 is 11.7 Å². The average Bonchev–Trinajstić information content (AvgIpc) is 3.16. The third kappa shape index (κ3) is 4.01. The van der Waals surface area contributed by atoms with Crippen molar-refractivity contribution in [2.45, 2.75) is 19.4 Å². The van der Waals surface area contributed by atoms with Crippen LogP contribution in [0, 0.1) is 5.82 Å². The van der Waals surface area contributed by atoms with Crippen LogP contribution in [-0.2, 0) is 6.42 Å². The van der Waals surface area contributed by atoms with Crippen LogP contribution in [0.15, 0.2) is 60.9 Å². The summed E-state index contributed by atoms with van der Waals surface area (Å²) in [5.41, 5.74) is 3.36. The van der Waals surface area contributed by atoms with Crippen molar-refractivity contribution in [1.29, 1.82) is 0 Å². The molecule has 1 aromatic heterocycles. The average molecular weight is 390 g/mol. The van der Waals surface area contributed by atoms with E-state index in [2.05, 4.69) is 10.3 Å². The van der Waals surface area contributed by atoms with Crippen LogP contribution in [0.1, 0.15) is 33.2 Å². The molecule has 4 rings (SSSR count). The molecule has 0 unspecified atom stereocenters. The third-order valence-corrected chi connectivity index (χ3v) is 4.89. The topological polar surface area (TPSA) is 68.3 Å². The molecule has 29 heavy (non-hydrogen) atoms. The van der Waals surface area contributed by atoms with Crippen LogP contribution < -0.4 is 10.1 Å². The number of halogens is 1. The zero-order chi connectivity index (χ0) is 20.4. The van der Waals surface area contributed by atoms with Crippen LogP contribution in [0.25, 0.3) is 11.1 Å². The number of hydrogen-bond donors (Lipinski definition) is 1. The van der Waals surface area contributed by atoms with Crippen LogP contribution in [-0.4, -0.2) is 29.3 Å². The lowest BCUT2D eigenvalue weighted by atomic mass is 10.0. The fourth-order valence-corrected chi connectivity index (χ4v) is 3.37. The SMILES string of the molecule is CC(=O)c1ccc(C(=O)NC[C@H]2Cc3cc(-c4cccnc4)cc(F)c3O2)cc1. The first-order chi connectivity index (χ1) is 14.0. The second-order valence-electron chi connectivity index (χ2n) is 6.98. The van der Waals surface area contributed by atoms with Gasteiger partial charge >= 0.3 is 0 Å². The number of pyridine rings is 1. The highest BCUT2D eigenvalue weighted by Crippen LogP contribution is 2.35. The number of fused-ring (bicyclic) bond motifs is 1. The minimum atomic E-state index is -0.421. The number of rotatable bonds is 5. The van der Waals surface area contributed by atoms with E-state index < -0.39 is 5.82 Å². The molecule has 6 heteroatoms. The summed E-state index contributed by atoms with van der Waals surface area (Å²) in [5, 5.41) is 2.81. The third-order valence-electron chi connectivity index (χ3n) is 4.89. The lowest BCUT2D eigenvalue weighted by molar-refractivity contribution is 0.0931. The molecule has 1 amide bonds. The Balaban J connectivity index is 1.41. The maximum atomic E-state index is 14.5. The molecule has 3 aromatic rings. The Bertz CT molecular complexity index is 1070. The number of aromatic nitrogens is 1. The highest BCUT2D eigenvalue weighted by Gasteiger charge is 2.27. The van der Waals surface area contributed by atoms with Gasteiger partial charge in [-0.05, 0) is 42.8 Å². The Labute approximate surface area is 167 Å². The van der Waals surface area contributed by atoms with E-state index in [-0.39, 0.29) is 30.1 Å². The Kier molecular flexibility index (Phi) is 5.08. The fraction of sp³-hybridized carbons (Fsp3) is 0.174. The second-order valence-corrected chi connectivity index (χ2v) is 6.98. The number of hydrogen-bond acceptors (Lipinski definition) is 4. The lowest BCUT2D eigenvalue weighted by Crippen LogP contribution is -2.34. The number of nitrogens with one attached hydrogen (secondary N) is 1. The maximum absolute atomic E-state index is 14.5. The first kappa shape index (κ1) is 18.8. The van der Waals surface area contributed by atoms with Crippen molar-refractivity contribution in [2.24, 2.45) is 0 Å². The smallest absolute Gasteiger partial charge is 0.251 e. The Hall–Kier alpha value is -3.54. The van der Waals surface area contributed by atoms with Crippen molar-refractivity contribution in [3.05, 3.63) is 83.4 Å². The number of ketones is 1. The summed E-state index contributed by atoms with van der Waals surface area (Å²) in [7, 11) is 0. The number of carbonyl (C=O) groups excluding carboxylic acids is 2. The number of Topliss-reactive ketones (excluding diaryl/α,β-unsaturated/α-hetero) is 1. The van der Waals surface area contributed by atoms with E-state index in [1.807, 2.05) is 12.1 Å². The van der Waals surface area contributed by atoms with E-state index in [1.54, 1.807) is 42.7 Å². The quantitative estimate of drug-likeness (QED) is 0.673. The minimum absolute atomic E-state index is 0.0539. The van der Waals surface area contributed by atoms with E-state index in [9.17, 15) is 14.0 Å². The molecule has 0 bridgehead atoms. The predicted molar refractivity (Wildman–Crippen MR) is 107 cm³/mol. The maximum Gasteiger partial charge on any atom is 0.251 e. The summed E-state index contributed by atoms with van der Waals surface area (Å²) >= 11 is 0. The van der Waals surface area contributed by atoms with Gasteiger partial charge in [-0.2, -0.15) is 0 Å². The molecule has 0 fully saturated rings. The number of amides is 1. The highest BCUT2D eigenvalue weighted by molar-refractivity contribution is 5.97. The van der Waals surface area contributed by atoms with Gasteiger partial charge in [0.2, 0.25) is 0 Å². The van der Waals surface area contributed by atoms with Gasteiger partial charge in [0.1, 0.15) is 6.10 Å². The van der Waals surface area contributed by atoms with Crippen molar-refractivity contribution < 1.29 is 18.7 Å². The molecule has 0 spiro atoms. The number of carbonyl (C=O) groups is 2. The second kappa shape index (κ2) is 7.83. The minimum Gasteiger partial charge on any atom is -0.485 e. The summed E-state index contributed by atoms with van der Waals surface area (Å²) in [6, 6.07) is 13.5. The van der Waals surface area contributed by atoms with Crippen LogP contribution in [0.2, 0.25) is 0 Å². The van der Waals surface area contributed by atoms with Gasteiger partial charge in [-0.3, -0.25) is 14.6 Å².